The van der Waals surface area contributed by atoms with E-state index in [0.717, 1.165) is 10.6 Å². The van der Waals surface area contributed by atoms with Gasteiger partial charge in [0.1, 0.15) is 11.3 Å². The highest BCUT2D eigenvalue weighted by atomic mass is 16.5. The number of nitrogens with one attached hydrogen (secondary N) is 3. The van der Waals surface area contributed by atoms with Gasteiger partial charge >= 0.3 is 6.03 Å². The van der Waals surface area contributed by atoms with Gasteiger partial charge in [0.15, 0.2) is 6.10 Å². The first-order chi connectivity index (χ1) is 16.3. The predicted octanol–water partition coefficient (Wildman–Crippen LogP) is 0.975. The Hall–Kier alpha value is -4.08. The Balaban J connectivity index is 1.42. The summed E-state index contributed by atoms with van der Waals surface area (Å²) in [5.74, 6) is -0.933. The summed E-state index contributed by atoms with van der Waals surface area (Å²) in [7, 11) is 1.51. The van der Waals surface area contributed by atoms with E-state index in [1.54, 1.807) is 36.1 Å². The number of carbonyl (C=O) groups is 4. The molecule has 0 aromatic heterocycles. The van der Waals surface area contributed by atoms with Crippen molar-refractivity contribution in [3.8, 4) is 5.75 Å². The van der Waals surface area contributed by atoms with Crippen molar-refractivity contribution >= 4 is 29.4 Å². The first kappa shape index (κ1) is 23.1. The zero-order valence-corrected chi connectivity index (χ0v) is 19.0. The number of urea groups is 1. The number of hydrogen-bond acceptors (Lipinski definition) is 6. The molecule has 0 spiro atoms. The maximum Gasteiger partial charge on any atom is 0.344 e. The van der Waals surface area contributed by atoms with E-state index in [2.05, 4.69) is 16.1 Å². The predicted molar refractivity (Wildman–Crippen MR) is 124 cm³/mol. The fourth-order valence-corrected chi connectivity index (χ4v) is 4.08. The summed E-state index contributed by atoms with van der Waals surface area (Å²) < 4.78 is 5.74. The van der Waals surface area contributed by atoms with Crippen LogP contribution in [0.2, 0.25) is 0 Å². The summed E-state index contributed by atoms with van der Waals surface area (Å²) in [6.07, 6.45) is 0.181. The van der Waals surface area contributed by atoms with E-state index in [9.17, 15) is 19.2 Å². The number of carbonyl (C=O) groups excluding carboxylic acids is 4. The number of benzene rings is 2. The van der Waals surface area contributed by atoms with Crippen molar-refractivity contribution in [2.45, 2.75) is 31.4 Å². The van der Waals surface area contributed by atoms with Crippen LogP contribution in [-0.2, 0) is 20.8 Å². The van der Waals surface area contributed by atoms with E-state index in [1.165, 1.54) is 7.05 Å². The first-order valence-corrected chi connectivity index (χ1v) is 11.0. The molecule has 10 heteroatoms. The molecule has 0 bridgehead atoms. The largest absolute Gasteiger partial charge is 0.477 e. The Labute approximate surface area is 197 Å². The van der Waals surface area contributed by atoms with Crippen LogP contribution in [0.15, 0.2) is 54.6 Å². The molecule has 178 valence electrons. The normalized spacial score (nSPS) is 21.4. The highest BCUT2D eigenvalue weighted by Gasteiger charge is 2.48. The van der Waals surface area contributed by atoms with Gasteiger partial charge in [-0.25, -0.2) is 4.79 Å². The number of aryl methyl sites for hydroxylation is 1. The first-order valence-electron chi connectivity index (χ1n) is 11.0. The topological polar surface area (TPSA) is 120 Å². The summed E-state index contributed by atoms with van der Waals surface area (Å²) in [6, 6.07) is 16.0. The maximum absolute atomic E-state index is 13.0. The second-order valence-corrected chi connectivity index (χ2v) is 8.49. The lowest BCUT2D eigenvalue weighted by Crippen LogP contribution is -2.54. The van der Waals surface area contributed by atoms with Gasteiger partial charge in [0.25, 0.3) is 17.7 Å². The van der Waals surface area contributed by atoms with Crippen molar-refractivity contribution in [3.63, 3.8) is 0 Å². The molecule has 0 saturated carbocycles. The number of hydrazine groups is 1. The number of para-hydroxylation sites is 2. The zero-order chi connectivity index (χ0) is 24.3. The fraction of sp³-hybridized carbons (Fsp3) is 0.333. The molecule has 1 saturated heterocycles. The zero-order valence-electron chi connectivity index (χ0n) is 19.0. The molecule has 1 fully saturated rings. The van der Waals surface area contributed by atoms with E-state index in [4.69, 9.17) is 4.74 Å². The van der Waals surface area contributed by atoms with Crippen LogP contribution >= 0.6 is 0 Å². The third kappa shape index (κ3) is 4.66. The molecule has 0 aliphatic carbocycles. The molecule has 0 radical (unpaired) electrons. The van der Waals surface area contributed by atoms with E-state index in [1.807, 2.05) is 30.3 Å². The van der Waals surface area contributed by atoms with Crippen LogP contribution in [0.4, 0.5) is 10.5 Å². The molecular weight excluding hydrogens is 438 g/mol. The summed E-state index contributed by atoms with van der Waals surface area (Å²) in [5.41, 5.74) is 2.98. The van der Waals surface area contributed by atoms with Gasteiger partial charge in [0, 0.05) is 7.05 Å². The highest BCUT2D eigenvalue weighted by molar-refractivity contribution is 6.07. The summed E-state index contributed by atoms with van der Waals surface area (Å²) in [4.78, 5) is 52.2. The second kappa shape index (κ2) is 9.42. The number of amides is 5. The van der Waals surface area contributed by atoms with Crippen LogP contribution in [0.1, 0.15) is 18.9 Å². The molecule has 2 aliphatic heterocycles. The lowest BCUT2D eigenvalue weighted by Gasteiger charge is -2.35. The average molecular weight is 466 g/mol. The number of hydrogen-bond donors (Lipinski definition) is 3. The van der Waals surface area contributed by atoms with Crippen LogP contribution in [0.25, 0.3) is 0 Å². The van der Waals surface area contributed by atoms with Gasteiger partial charge in [-0.1, -0.05) is 42.5 Å². The van der Waals surface area contributed by atoms with Crippen LogP contribution < -0.4 is 25.7 Å². The fourth-order valence-electron chi connectivity index (χ4n) is 4.08. The van der Waals surface area contributed by atoms with Crippen molar-refractivity contribution in [1.82, 2.24) is 21.1 Å². The molecule has 4 rings (SSSR count). The molecule has 10 nitrogen and oxygen atoms in total. The van der Waals surface area contributed by atoms with Gasteiger partial charge in [0.2, 0.25) is 0 Å². The number of rotatable bonds is 7. The number of anilines is 1. The maximum atomic E-state index is 13.0. The summed E-state index contributed by atoms with van der Waals surface area (Å²) in [6.45, 7) is 1.61. The minimum Gasteiger partial charge on any atom is -0.477 e. The van der Waals surface area contributed by atoms with E-state index in [-0.39, 0.29) is 19.0 Å². The lowest BCUT2D eigenvalue weighted by molar-refractivity contribution is -0.138. The quantitative estimate of drug-likeness (QED) is 0.525. The van der Waals surface area contributed by atoms with Crippen molar-refractivity contribution in [2.24, 2.45) is 0 Å². The van der Waals surface area contributed by atoms with Crippen LogP contribution in [0.5, 0.6) is 5.75 Å². The Morgan fingerprint density at radius 2 is 1.82 bits per heavy atom. The van der Waals surface area contributed by atoms with Gasteiger partial charge in [-0.3, -0.25) is 19.8 Å². The van der Waals surface area contributed by atoms with Gasteiger partial charge < -0.3 is 20.3 Å². The molecule has 3 N–H and O–H groups in total. The van der Waals surface area contributed by atoms with Crippen molar-refractivity contribution in [2.75, 3.05) is 25.0 Å². The standard InChI is InChI=1S/C24H27N5O5/c1-24(13-12-16-8-4-3-5-9-16)22(32)29(23(33)26-24)27-20(30)15-28-14-19(21(31)25-2)34-18-11-7-6-10-17(18)28/h3-11,19H,12-15H2,1-2H3,(H,25,31)(H,26,33)(H,27,30)/t19-,24-/m0/s1. The number of fused-ring (bicyclic) bond motifs is 1. The SMILES string of the molecule is CNC(=O)[C@@H]1CN(CC(=O)NN2C(=O)N[C@@](C)(CCc3ccccc3)C2=O)c2ccccc2O1. The van der Waals surface area contributed by atoms with Crippen LogP contribution in [0, 0.1) is 0 Å². The monoisotopic (exact) mass is 465 g/mol. The minimum absolute atomic E-state index is 0.138. The Kier molecular flexibility index (Phi) is 6.40. The molecule has 34 heavy (non-hydrogen) atoms. The molecule has 2 aliphatic rings. The molecule has 2 heterocycles. The van der Waals surface area contributed by atoms with Gasteiger partial charge in [0.05, 0.1) is 18.8 Å². The van der Waals surface area contributed by atoms with Crippen LogP contribution in [0.3, 0.4) is 0 Å². The van der Waals surface area contributed by atoms with Gasteiger partial charge in [-0.2, -0.15) is 5.01 Å². The van der Waals surface area contributed by atoms with Crippen LogP contribution in [-0.4, -0.2) is 60.5 Å². The highest BCUT2D eigenvalue weighted by Crippen LogP contribution is 2.33. The van der Waals surface area contributed by atoms with Gasteiger partial charge in [-0.05, 0) is 37.5 Å². The molecule has 2 atom stereocenters. The lowest BCUT2D eigenvalue weighted by atomic mass is 9.93. The summed E-state index contributed by atoms with van der Waals surface area (Å²) in [5, 5.41) is 5.97. The number of imide groups is 1. The van der Waals surface area contributed by atoms with Crippen molar-refractivity contribution in [1.29, 1.82) is 0 Å². The number of ether oxygens (including phenoxy) is 1. The van der Waals surface area contributed by atoms with E-state index >= 15 is 0 Å². The smallest absolute Gasteiger partial charge is 0.344 e. The van der Waals surface area contributed by atoms with E-state index in [0.29, 0.717) is 24.3 Å². The second-order valence-electron chi connectivity index (χ2n) is 8.49. The average Bonchev–Trinajstić information content (AvgIpc) is 3.06. The molecule has 0 unspecified atom stereocenters. The number of likely N-dealkylation sites (N-methyl/N-ethyl adjacent to an activating group) is 1. The third-order valence-corrected chi connectivity index (χ3v) is 5.99. The molecule has 2 aromatic rings. The Morgan fingerprint density at radius 1 is 1.12 bits per heavy atom. The number of nitrogens with zero attached hydrogens (tertiary/aromatic N) is 2. The molecular formula is C24H27N5O5. The third-order valence-electron chi connectivity index (χ3n) is 5.99. The minimum atomic E-state index is -1.13. The molecule has 2 aromatic carbocycles. The van der Waals surface area contributed by atoms with Crippen molar-refractivity contribution in [3.05, 3.63) is 60.2 Å². The van der Waals surface area contributed by atoms with Crippen molar-refractivity contribution < 1.29 is 23.9 Å². The summed E-state index contributed by atoms with van der Waals surface area (Å²) >= 11 is 0. The Bertz CT molecular complexity index is 1110. The molecule has 5 amide bonds. The van der Waals surface area contributed by atoms with Gasteiger partial charge in [-0.15, -0.1) is 0 Å². The Morgan fingerprint density at radius 3 is 2.56 bits per heavy atom. The van der Waals surface area contributed by atoms with E-state index < -0.39 is 29.5 Å².